The van der Waals surface area contributed by atoms with Gasteiger partial charge >= 0.3 is 39.3 Å². The van der Waals surface area contributed by atoms with Gasteiger partial charge in [0.1, 0.15) is 6.61 Å². The lowest BCUT2D eigenvalue weighted by Gasteiger charge is -2.32. The van der Waals surface area contributed by atoms with Crippen LogP contribution < -0.4 is 0 Å². The Morgan fingerprint density at radius 2 is 1.65 bits per heavy atom. The van der Waals surface area contributed by atoms with Crippen LogP contribution in [-0.2, 0) is 40.5 Å². The average Bonchev–Trinajstić information content (AvgIpc) is 2.63. The summed E-state index contributed by atoms with van der Waals surface area (Å²) in [6.07, 6.45) is -7.83. The monoisotopic (exact) mass is 476 g/mol. The van der Waals surface area contributed by atoms with E-state index in [0.29, 0.717) is 0 Å². The van der Waals surface area contributed by atoms with Crippen molar-refractivity contribution >= 4 is 22.1 Å². The van der Waals surface area contributed by atoms with Gasteiger partial charge in [-0.3, -0.25) is 4.55 Å². The second kappa shape index (κ2) is 9.70. The summed E-state index contributed by atoms with van der Waals surface area (Å²) in [5.41, 5.74) is -0.368. The molecule has 14 heteroatoms. The summed E-state index contributed by atoms with van der Waals surface area (Å²) in [6.45, 7) is 1.47. The van der Waals surface area contributed by atoms with Crippen molar-refractivity contribution in [2.45, 2.75) is 37.2 Å². The minimum Gasteiger partial charge on any atom is -0.456 e. The first-order valence-corrected chi connectivity index (χ1v) is 9.63. The Hall–Kier alpha value is -2.58. The molecule has 0 heterocycles. The van der Waals surface area contributed by atoms with Crippen LogP contribution in [0.2, 0.25) is 0 Å². The van der Waals surface area contributed by atoms with Gasteiger partial charge in [0, 0.05) is 5.57 Å². The van der Waals surface area contributed by atoms with Crippen LogP contribution in [0, 0.1) is 0 Å². The molecular formula is C17H17F5O8S. The second-order valence-corrected chi connectivity index (χ2v) is 7.60. The zero-order valence-electron chi connectivity index (χ0n) is 15.8. The number of esters is 2. The van der Waals surface area contributed by atoms with E-state index in [0.717, 1.165) is 6.92 Å². The minimum atomic E-state index is -5.99. The lowest BCUT2D eigenvalue weighted by molar-refractivity contribution is -0.356. The second-order valence-electron chi connectivity index (χ2n) is 6.06. The fourth-order valence-electron chi connectivity index (χ4n) is 1.86. The predicted octanol–water partition coefficient (Wildman–Crippen LogP) is 3.00. The fourth-order valence-corrected chi connectivity index (χ4v) is 2.21. The Balaban J connectivity index is 3.22. The molecule has 0 saturated heterocycles. The molecule has 1 unspecified atom stereocenters. The molecule has 0 saturated carbocycles. The van der Waals surface area contributed by atoms with E-state index < -0.39 is 64.5 Å². The van der Waals surface area contributed by atoms with Crippen LogP contribution in [0.1, 0.15) is 18.9 Å². The number of halogens is 5. The molecule has 8 nitrogen and oxygen atoms in total. The summed E-state index contributed by atoms with van der Waals surface area (Å²) in [5.74, 6) is -8.59. The van der Waals surface area contributed by atoms with Gasteiger partial charge in [0.15, 0.2) is 0 Å². The van der Waals surface area contributed by atoms with Gasteiger partial charge in [-0.25, -0.2) is 9.59 Å². The number of hydrogen-bond donors (Lipinski definition) is 1. The highest BCUT2D eigenvalue weighted by Crippen LogP contribution is 2.38. The molecule has 1 rings (SSSR count). The minimum absolute atomic E-state index is 0.232. The summed E-state index contributed by atoms with van der Waals surface area (Å²) in [5, 5.41) is -4.91. The molecule has 1 atom stereocenters. The predicted molar refractivity (Wildman–Crippen MR) is 93.0 cm³/mol. The number of carbonyl (C=O) groups excluding carboxylic acids is 2. The Bertz CT molecular complexity index is 914. The Labute approximate surface area is 173 Å². The third-order valence-electron chi connectivity index (χ3n) is 3.52. The lowest BCUT2D eigenvalue weighted by atomic mass is 10.2. The van der Waals surface area contributed by atoms with E-state index in [9.17, 15) is 40.0 Å². The van der Waals surface area contributed by atoms with E-state index in [2.05, 4.69) is 20.8 Å². The molecular weight excluding hydrogens is 459 g/mol. The summed E-state index contributed by atoms with van der Waals surface area (Å²) in [7, 11) is -5.99. The van der Waals surface area contributed by atoms with Crippen molar-refractivity contribution in [1.82, 2.24) is 0 Å². The van der Waals surface area contributed by atoms with Crippen molar-refractivity contribution < 1.29 is 58.7 Å². The largest absolute Gasteiger partial charge is 0.468 e. The molecule has 0 bridgehead atoms. The van der Waals surface area contributed by atoms with Crippen LogP contribution in [0.5, 0.6) is 0 Å². The van der Waals surface area contributed by atoms with E-state index in [4.69, 9.17) is 4.55 Å². The van der Waals surface area contributed by atoms with Crippen LogP contribution in [-0.4, -0.2) is 48.7 Å². The number of alkyl halides is 5. The van der Waals surface area contributed by atoms with Crippen molar-refractivity contribution in [3.8, 4) is 0 Å². The normalized spacial score (nSPS) is 14.4. The Kier molecular flexibility index (Phi) is 8.28. The van der Waals surface area contributed by atoms with Gasteiger partial charge in [-0.2, -0.15) is 30.4 Å². The third kappa shape index (κ3) is 6.70. The number of benzene rings is 1. The zero-order valence-corrected chi connectivity index (χ0v) is 16.6. The molecule has 1 aromatic carbocycles. The molecule has 1 N–H and O–H groups in total. The van der Waals surface area contributed by atoms with Crippen LogP contribution in [0.25, 0.3) is 0 Å². The first-order chi connectivity index (χ1) is 14.0. The smallest absolute Gasteiger partial charge is 0.456 e. The molecule has 0 amide bonds. The quantitative estimate of drug-likeness (QED) is 0.180. The van der Waals surface area contributed by atoms with Gasteiger partial charge in [0.05, 0.1) is 13.0 Å². The Morgan fingerprint density at radius 3 is 2.10 bits per heavy atom. The van der Waals surface area contributed by atoms with Gasteiger partial charge in [-0.05, 0) is 12.5 Å². The topological polar surface area (TPSA) is 116 Å². The van der Waals surface area contributed by atoms with Gasteiger partial charge in [0.25, 0.3) is 0 Å². The van der Waals surface area contributed by atoms with Crippen molar-refractivity contribution in [3.05, 3.63) is 48.0 Å². The number of hydrogen-bond acceptors (Lipinski definition) is 7. The highest BCUT2D eigenvalue weighted by Gasteiger charge is 2.68. The van der Waals surface area contributed by atoms with Gasteiger partial charge in [0.2, 0.25) is 0 Å². The summed E-state index contributed by atoms with van der Waals surface area (Å²) in [6, 6.07) is 7.30. The first kappa shape index (κ1) is 26.5. The molecule has 0 aliphatic carbocycles. The van der Waals surface area contributed by atoms with Gasteiger partial charge in [-0.15, -0.1) is 0 Å². The van der Waals surface area contributed by atoms with Crippen LogP contribution in [0.3, 0.4) is 0 Å². The molecule has 0 radical (unpaired) electrons. The third-order valence-corrected chi connectivity index (χ3v) is 4.47. The molecule has 0 spiro atoms. The molecule has 0 aromatic heterocycles. The van der Waals surface area contributed by atoms with Crippen molar-refractivity contribution in [1.29, 1.82) is 0 Å². The van der Waals surface area contributed by atoms with Gasteiger partial charge < -0.3 is 14.2 Å². The van der Waals surface area contributed by atoms with Crippen LogP contribution in [0.15, 0.2) is 42.5 Å². The first-order valence-electron chi connectivity index (χ1n) is 8.19. The number of ether oxygens (including phenoxy) is 3. The van der Waals surface area contributed by atoms with E-state index in [1.54, 1.807) is 6.07 Å². The maximum Gasteiger partial charge on any atom is 0.468 e. The fraction of sp³-hybridized carbons (Fsp3) is 0.412. The van der Waals surface area contributed by atoms with Crippen LogP contribution >= 0.6 is 0 Å². The summed E-state index contributed by atoms with van der Waals surface area (Å²) in [4.78, 5) is 24.0. The lowest BCUT2D eigenvalue weighted by Crippen LogP contribution is -2.58. The van der Waals surface area contributed by atoms with E-state index in [1.165, 1.54) is 24.3 Å². The zero-order chi connectivity index (χ0) is 24.1. The van der Waals surface area contributed by atoms with Crippen molar-refractivity contribution in [2.75, 3.05) is 6.61 Å². The summed E-state index contributed by atoms with van der Waals surface area (Å²) < 4.78 is 110. The molecule has 0 fully saturated rings. The maximum absolute atomic E-state index is 13.7. The van der Waals surface area contributed by atoms with Gasteiger partial charge in [-0.1, -0.05) is 36.9 Å². The van der Waals surface area contributed by atoms with E-state index in [-0.39, 0.29) is 5.56 Å². The molecule has 174 valence electrons. The Morgan fingerprint density at radius 1 is 1.10 bits per heavy atom. The standard InChI is InChI=1S/C17H17F5O8S/c1-11(2)13(23)30-16(17(20,21)22,29-9-8-15(18,19)31(25,26)27)14(24)28-10-12-6-4-3-5-7-12/h3-7H,1,8-10H2,2H3,(H,25,26,27). The highest BCUT2D eigenvalue weighted by atomic mass is 32.2. The molecule has 1 aromatic rings. The molecule has 0 aliphatic rings. The van der Waals surface area contributed by atoms with E-state index >= 15 is 0 Å². The van der Waals surface area contributed by atoms with E-state index in [1.807, 2.05) is 0 Å². The van der Waals surface area contributed by atoms with Crippen molar-refractivity contribution in [2.24, 2.45) is 0 Å². The summed E-state index contributed by atoms with van der Waals surface area (Å²) >= 11 is 0. The number of rotatable bonds is 10. The van der Waals surface area contributed by atoms with Crippen LogP contribution in [0.4, 0.5) is 22.0 Å². The number of carbonyl (C=O) groups is 2. The highest BCUT2D eigenvalue weighted by molar-refractivity contribution is 7.86. The SMILES string of the molecule is C=C(C)C(=O)OC(OCCC(F)(F)S(=O)(=O)O)(C(=O)OCc1ccccc1)C(F)(F)F. The van der Waals surface area contributed by atoms with Crippen molar-refractivity contribution in [3.63, 3.8) is 0 Å². The molecule has 31 heavy (non-hydrogen) atoms. The maximum atomic E-state index is 13.7. The molecule has 0 aliphatic heterocycles. The average molecular weight is 476 g/mol.